The molecule has 0 spiro atoms. The van der Waals surface area contributed by atoms with Gasteiger partial charge in [0.25, 0.3) is 5.91 Å². The van der Waals surface area contributed by atoms with Crippen LogP contribution in [0.5, 0.6) is 11.5 Å². The van der Waals surface area contributed by atoms with E-state index in [-0.39, 0.29) is 23.1 Å². The van der Waals surface area contributed by atoms with E-state index in [4.69, 9.17) is 49.4 Å². The molecule has 3 amide bonds. The Bertz CT molecular complexity index is 1120. The first-order chi connectivity index (χ1) is 15.2. The molecule has 8 nitrogen and oxygen atoms in total. The Hall–Kier alpha value is -2.94. The molecule has 0 aromatic heterocycles. The maximum Gasteiger partial charge on any atom is 0.329 e. The van der Waals surface area contributed by atoms with Crippen LogP contribution in [0.15, 0.2) is 36.0 Å². The lowest BCUT2D eigenvalue weighted by molar-refractivity contribution is -0.140. The first-order valence-electron chi connectivity index (χ1n) is 9.29. The molecular weight excluding hydrogens is 483 g/mol. The minimum absolute atomic E-state index is 0.0840. The number of halogens is 3. The monoisotopic (exact) mass is 498 g/mol. The van der Waals surface area contributed by atoms with Gasteiger partial charge >= 0.3 is 12.0 Å². The van der Waals surface area contributed by atoms with Gasteiger partial charge in [0, 0.05) is 0 Å². The third-order valence-electron chi connectivity index (χ3n) is 4.27. The van der Waals surface area contributed by atoms with Crippen LogP contribution in [0.2, 0.25) is 15.1 Å². The van der Waals surface area contributed by atoms with E-state index >= 15 is 0 Å². The van der Waals surface area contributed by atoms with Crippen molar-refractivity contribution >= 4 is 58.8 Å². The summed E-state index contributed by atoms with van der Waals surface area (Å²) in [5.74, 6) is -1.45. The van der Waals surface area contributed by atoms with Crippen LogP contribution < -0.4 is 14.8 Å². The summed E-state index contributed by atoms with van der Waals surface area (Å²) in [6.07, 6.45) is 1.37. The van der Waals surface area contributed by atoms with E-state index < -0.39 is 24.5 Å². The highest BCUT2D eigenvalue weighted by molar-refractivity contribution is 6.42. The molecule has 1 heterocycles. The fourth-order valence-corrected chi connectivity index (χ4v) is 3.47. The normalized spacial score (nSPS) is 14.6. The van der Waals surface area contributed by atoms with E-state index in [1.165, 1.54) is 12.1 Å². The van der Waals surface area contributed by atoms with E-state index in [1.807, 2.05) is 0 Å². The molecule has 2 N–H and O–H groups in total. The topological polar surface area (TPSA) is 105 Å². The average molecular weight is 500 g/mol. The first kappa shape index (κ1) is 23.7. The van der Waals surface area contributed by atoms with Gasteiger partial charge in [-0.3, -0.25) is 9.59 Å². The quantitative estimate of drug-likeness (QED) is 0.406. The predicted octanol–water partition coefficient (Wildman–Crippen LogP) is 4.60. The Balaban J connectivity index is 1.86. The van der Waals surface area contributed by atoms with Gasteiger partial charge < -0.3 is 19.9 Å². The van der Waals surface area contributed by atoms with Crippen molar-refractivity contribution in [3.05, 3.63) is 62.2 Å². The van der Waals surface area contributed by atoms with Crippen LogP contribution in [-0.4, -0.2) is 41.1 Å². The van der Waals surface area contributed by atoms with Crippen molar-refractivity contribution < 1.29 is 29.0 Å². The van der Waals surface area contributed by atoms with Crippen LogP contribution in [0, 0.1) is 0 Å². The molecule has 0 saturated carbocycles. The van der Waals surface area contributed by atoms with Gasteiger partial charge in [0.15, 0.2) is 11.5 Å². The molecule has 2 aromatic carbocycles. The summed E-state index contributed by atoms with van der Waals surface area (Å²) in [6, 6.07) is 7.39. The first-order valence-corrected chi connectivity index (χ1v) is 10.4. The number of ether oxygens (including phenoxy) is 2. The second-order valence-corrected chi connectivity index (χ2v) is 7.79. The van der Waals surface area contributed by atoms with Crippen LogP contribution in [0.25, 0.3) is 6.08 Å². The largest absolute Gasteiger partial charge is 0.490 e. The van der Waals surface area contributed by atoms with Gasteiger partial charge in [0.05, 0.1) is 21.7 Å². The summed E-state index contributed by atoms with van der Waals surface area (Å²) in [7, 11) is 0. The SMILES string of the molecule is CCOc1cc(/C=C2/NC(=O)N(CC(=O)O)C2=O)cc(Cl)c1OCc1ccc(Cl)c(Cl)c1. The standard InChI is InChI=1S/C21H17Cl3N2O6/c1-2-31-17-8-12(7-16-20(29)26(9-18(27)28)21(30)25-16)6-15(24)19(17)32-10-11-3-4-13(22)14(23)5-11/h3-8H,2,9-10H2,1H3,(H,25,30)(H,27,28)/b16-7+. The third-order valence-corrected chi connectivity index (χ3v) is 5.29. The number of hydrogen-bond donors (Lipinski definition) is 2. The average Bonchev–Trinajstić information content (AvgIpc) is 2.97. The lowest BCUT2D eigenvalue weighted by Crippen LogP contribution is -2.35. The van der Waals surface area contributed by atoms with E-state index in [2.05, 4.69) is 5.32 Å². The van der Waals surface area contributed by atoms with Gasteiger partial charge in [0.2, 0.25) is 0 Å². The number of carbonyl (C=O) groups excluding carboxylic acids is 2. The van der Waals surface area contributed by atoms with Crippen LogP contribution in [0.1, 0.15) is 18.1 Å². The molecule has 0 unspecified atom stereocenters. The van der Waals surface area contributed by atoms with Gasteiger partial charge in [-0.1, -0.05) is 40.9 Å². The second-order valence-electron chi connectivity index (χ2n) is 6.57. The third kappa shape index (κ3) is 5.45. The summed E-state index contributed by atoms with van der Waals surface area (Å²) in [6.45, 7) is 1.51. The van der Waals surface area contributed by atoms with E-state index in [1.54, 1.807) is 31.2 Å². The predicted molar refractivity (Wildman–Crippen MR) is 119 cm³/mol. The van der Waals surface area contributed by atoms with E-state index in [0.717, 1.165) is 5.56 Å². The Kier molecular flexibility index (Phi) is 7.50. The van der Waals surface area contributed by atoms with Crippen molar-refractivity contribution in [2.45, 2.75) is 13.5 Å². The number of imide groups is 1. The highest BCUT2D eigenvalue weighted by atomic mass is 35.5. The zero-order valence-corrected chi connectivity index (χ0v) is 18.9. The fourth-order valence-electron chi connectivity index (χ4n) is 2.88. The molecular formula is C21H17Cl3N2O6. The van der Waals surface area contributed by atoms with E-state index in [9.17, 15) is 14.4 Å². The number of nitrogens with zero attached hydrogens (tertiary/aromatic N) is 1. The van der Waals surface area contributed by atoms with Crippen molar-refractivity contribution in [1.29, 1.82) is 0 Å². The Morgan fingerprint density at radius 1 is 1.09 bits per heavy atom. The van der Waals surface area contributed by atoms with Crippen molar-refractivity contribution in [3.63, 3.8) is 0 Å². The number of rotatable bonds is 8. The number of urea groups is 1. The van der Waals surface area contributed by atoms with Crippen LogP contribution in [0.3, 0.4) is 0 Å². The number of nitrogens with one attached hydrogen (secondary N) is 1. The molecule has 2 aromatic rings. The molecule has 0 radical (unpaired) electrons. The fraction of sp³-hybridized carbons (Fsp3) is 0.190. The summed E-state index contributed by atoms with van der Waals surface area (Å²) >= 11 is 18.4. The highest BCUT2D eigenvalue weighted by Crippen LogP contribution is 2.38. The summed E-state index contributed by atoms with van der Waals surface area (Å²) in [5, 5.41) is 12.2. The molecule has 32 heavy (non-hydrogen) atoms. The molecule has 0 bridgehead atoms. The number of carbonyl (C=O) groups is 3. The summed E-state index contributed by atoms with van der Waals surface area (Å²) in [4.78, 5) is 35.7. The number of carboxylic acid groups (broad SMARTS) is 1. The van der Waals surface area contributed by atoms with Gasteiger partial charge in [-0.15, -0.1) is 0 Å². The lowest BCUT2D eigenvalue weighted by Gasteiger charge is -2.15. The van der Waals surface area contributed by atoms with Crippen molar-refractivity contribution in [3.8, 4) is 11.5 Å². The molecule has 168 valence electrons. The second kappa shape index (κ2) is 10.1. The van der Waals surface area contributed by atoms with Gasteiger partial charge in [-0.25, -0.2) is 9.69 Å². The number of aliphatic carboxylic acids is 1. The Labute approximate surface area is 198 Å². The van der Waals surface area contributed by atoms with Crippen LogP contribution in [-0.2, 0) is 16.2 Å². The highest BCUT2D eigenvalue weighted by Gasteiger charge is 2.35. The van der Waals surface area contributed by atoms with E-state index in [0.29, 0.717) is 32.9 Å². The smallest absolute Gasteiger partial charge is 0.329 e. The summed E-state index contributed by atoms with van der Waals surface area (Å²) < 4.78 is 11.5. The molecule has 1 saturated heterocycles. The minimum atomic E-state index is -1.31. The summed E-state index contributed by atoms with van der Waals surface area (Å²) in [5.41, 5.74) is 1.13. The molecule has 0 atom stereocenters. The molecule has 1 fully saturated rings. The Morgan fingerprint density at radius 2 is 1.84 bits per heavy atom. The molecule has 0 aliphatic carbocycles. The van der Waals surface area contributed by atoms with Gasteiger partial charge in [0.1, 0.15) is 18.8 Å². The zero-order chi connectivity index (χ0) is 23.4. The Morgan fingerprint density at radius 3 is 2.50 bits per heavy atom. The number of carboxylic acids is 1. The number of benzene rings is 2. The maximum absolute atomic E-state index is 12.3. The zero-order valence-electron chi connectivity index (χ0n) is 16.7. The molecule has 11 heteroatoms. The van der Waals surface area contributed by atoms with Gasteiger partial charge in [-0.05, 0) is 48.4 Å². The maximum atomic E-state index is 12.3. The van der Waals surface area contributed by atoms with Crippen LogP contribution in [0.4, 0.5) is 4.79 Å². The number of hydrogen-bond acceptors (Lipinski definition) is 5. The van der Waals surface area contributed by atoms with Crippen molar-refractivity contribution in [1.82, 2.24) is 10.2 Å². The number of amides is 3. The molecule has 1 aliphatic rings. The van der Waals surface area contributed by atoms with Gasteiger partial charge in [-0.2, -0.15) is 0 Å². The molecule has 1 aliphatic heterocycles. The minimum Gasteiger partial charge on any atom is -0.490 e. The van der Waals surface area contributed by atoms with Crippen molar-refractivity contribution in [2.24, 2.45) is 0 Å². The lowest BCUT2D eigenvalue weighted by atomic mass is 10.1. The molecule has 3 rings (SSSR count). The van der Waals surface area contributed by atoms with Crippen molar-refractivity contribution in [2.75, 3.05) is 13.2 Å². The van der Waals surface area contributed by atoms with Crippen LogP contribution >= 0.6 is 34.8 Å².